The number of allylic oxidation sites excluding steroid dienone is 2. The second kappa shape index (κ2) is 12.1. The van der Waals surface area contributed by atoms with E-state index in [1.807, 2.05) is 51.1 Å². The van der Waals surface area contributed by atoms with Crippen molar-refractivity contribution >= 4 is 23.3 Å². The van der Waals surface area contributed by atoms with Gasteiger partial charge in [-0.3, -0.25) is 19.2 Å². The Bertz CT molecular complexity index is 1150. The number of Topliss-reactive ketones (excluding diaryl/α,β-unsaturated/α-hetero) is 3. The summed E-state index contributed by atoms with van der Waals surface area (Å²) in [6.45, 7) is 7.20. The first-order chi connectivity index (χ1) is 17.1. The van der Waals surface area contributed by atoms with Crippen LogP contribution < -0.4 is 0 Å². The molecular weight excluding hydrogens is 452 g/mol. The van der Waals surface area contributed by atoms with Crippen molar-refractivity contribution in [2.24, 2.45) is 5.92 Å². The van der Waals surface area contributed by atoms with E-state index in [1.54, 1.807) is 31.2 Å². The van der Waals surface area contributed by atoms with Crippen molar-refractivity contribution in [2.45, 2.75) is 78.2 Å². The number of carbonyl (C=O) groups is 4. The highest BCUT2D eigenvalue weighted by atomic mass is 16.6. The predicted octanol–water partition coefficient (Wildman–Crippen LogP) is 6.49. The molecule has 0 spiro atoms. The highest BCUT2D eigenvalue weighted by Gasteiger charge is 2.29. The molecule has 2 aromatic carbocycles. The lowest BCUT2D eigenvalue weighted by Gasteiger charge is -2.24. The minimum absolute atomic E-state index is 0.0371. The Hall–Kier alpha value is -3.34. The fourth-order valence-corrected chi connectivity index (χ4v) is 4.55. The number of rotatable bonds is 11. The third-order valence-electron chi connectivity index (χ3n) is 6.41. The topological polar surface area (TPSA) is 77.5 Å². The van der Waals surface area contributed by atoms with Crippen LogP contribution in [0.15, 0.2) is 65.7 Å². The molecule has 1 atom stereocenters. The maximum atomic E-state index is 12.9. The maximum absolute atomic E-state index is 12.9. The average molecular weight is 489 g/mol. The van der Waals surface area contributed by atoms with Gasteiger partial charge < -0.3 is 4.74 Å². The number of ketones is 3. The van der Waals surface area contributed by atoms with Crippen molar-refractivity contribution in [3.63, 3.8) is 0 Å². The van der Waals surface area contributed by atoms with Crippen LogP contribution in [0.3, 0.4) is 0 Å². The van der Waals surface area contributed by atoms with Crippen LogP contribution in [0.25, 0.3) is 0 Å². The van der Waals surface area contributed by atoms with Crippen LogP contribution in [0, 0.1) is 5.92 Å². The van der Waals surface area contributed by atoms with Gasteiger partial charge in [-0.2, -0.15) is 0 Å². The fourth-order valence-electron chi connectivity index (χ4n) is 4.55. The van der Waals surface area contributed by atoms with Gasteiger partial charge in [0.2, 0.25) is 0 Å². The van der Waals surface area contributed by atoms with E-state index in [9.17, 15) is 19.2 Å². The molecule has 0 saturated carbocycles. The molecular formula is C31H36O5. The number of benzene rings is 2. The zero-order valence-corrected chi connectivity index (χ0v) is 21.8. The number of hydrogen-bond acceptors (Lipinski definition) is 5. The van der Waals surface area contributed by atoms with Crippen LogP contribution in [0.4, 0.5) is 0 Å². The Morgan fingerprint density at radius 3 is 2.08 bits per heavy atom. The quantitative estimate of drug-likeness (QED) is 0.267. The minimum atomic E-state index is -0.611. The number of unbranched alkanes of at least 4 members (excludes halogenated alkanes) is 2. The van der Waals surface area contributed by atoms with Gasteiger partial charge >= 0.3 is 5.97 Å². The highest BCUT2D eigenvalue weighted by Crippen LogP contribution is 2.29. The second-order valence-electron chi connectivity index (χ2n) is 10.5. The Balaban J connectivity index is 1.51. The Kier molecular flexibility index (Phi) is 9.14. The summed E-state index contributed by atoms with van der Waals surface area (Å²) in [6, 6.07) is 16.6. The van der Waals surface area contributed by atoms with E-state index in [4.69, 9.17) is 4.74 Å². The van der Waals surface area contributed by atoms with Crippen LogP contribution >= 0.6 is 0 Å². The van der Waals surface area contributed by atoms with Gasteiger partial charge in [0.15, 0.2) is 11.6 Å². The molecule has 0 N–H and O–H groups in total. The molecule has 0 bridgehead atoms. The first-order valence-electron chi connectivity index (χ1n) is 12.7. The monoisotopic (exact) mass is 488 g/mol. The molecule has 5 nitrogen and oxygen atoms in total. The van der Waals surface area contributed by atoms with Crippen LogP contribution in [0.5, 0.6) is 0 Å². The third-order valence-corrected chi connectivity index (χ3v) is 6.41. The van der Waals surface area contributed by atoms with E-state index in [-0.39, 0.29) is 29.7 Å². The Morgan fingerprint density at radius 1 is 0.833 bits per heavy atom. The fraction of sp³-hybridized carbons (Fsp3) is 0.419. The molecule has 190 valence electrons. The molecule has 2 aromatic rings. The van der Waals surface area contributed by atoms with Crippen molar-refractivity contribution in [2.75, 3.05) is 0 Å². The summed E-state index contributed by atoms with van der Waals surface area (Å²) in [5.74, 6) is -0.974. The van der Waals surface area contributed by atoms with Crippen LogP contribution in [-0.2, 0) is 20.7 Å². The molecule has 0 aliphatic heterocycles. The van der Waals surface area contributed by atoms with Gasteiger partial charge in [0.05, 0.1) is 5.92 Å². The highest BCUT2D eigenvalue weighted by molar-refractivity contribution is 6.26. The van der Waals surface area contributed by atoms with Gasteiger partial charge in [-0.15, -0.1) is 0 Å². The van der Waals surface area contributed by atoms with Crippen LogP contribution in [0.1, 0.15) is 92.5 Å². The predicted molar refractivity (Wildman–Crippen MR) is 140 cm³/mol. The van der Waals surface area contributed by atoms with Gasteiger partial charge in [-0.25, -0.2) is 0 Å². The Labute approximate surface area is 213 Å². The third kappa shape index (κ3) is 7.33. The van der Waals surface area contributed by atoms with Gasteiger partial charge in [-0.1, -0.05) is 61.0 Å². The average Bonchev–Trinajstić information content (AvgIpc) is 2.83. The summed E-state index contributed by atoms with van der Waals surface area (Å²) in [6.07, 6.45) is 3.68. The number of esters is 1. The molecule has 0 saturated heterocycles. The largest absolute Gasteiger partial charge is 0.460 e. The lowest BCUT2D eigenvalue weighted by Crippen LogP contribution is -2.31. The van der Waals surface area contributed by atoms with Crippen molar-refractivity contribution in [3.8, 4) is 0 Å². The number of hydrogen-bond donors (Lipinski definition) is 0. The molecule has 0 aromatic heterocycles. The summed E-state index contributed by atoms with van der Waals surface area (Å²) < 4.78 is 5.58. The SMILES string of the molecule is CC1=C(CCCCCC(=O)C[C@@H](Cc2ccccc2)C(=O)OC(C)(C)C)C(=O)c2ccccc2C1=O. The van der Waals surface area contributed by atoms with E-state index in [1.165, 1.54) is 0 Å². The summed E-state index contributed by atoms with van der Waals surface area (Å²) in [4.78, 5) is 51.0. The normalized spacial score (nSPS) is 14.4. The number of carbonyl (C=O) groups excluding carboxylic acids is 4. The van der Waals surface area contributed by atoms with Crippen molar-refractivity contribution in [3.05, 3.63) is 82.4 Å². The van der Waals surface area contributed by atoms with E-state index in [0.29, 0.717) is 48.0 Å². The van der Waals surface area contributed by atoms with E-state index in [2.05, 4.69) is 0 Å². The lowest BCUT2D eigenvalue weighted by atomic mass is 9.82. The zero-order chi connectivity index (χ0) is 26.3. The summed E-state index contributed by atoms with van der Waals surface area (Å²) in [5.41, 5.74) is 2.45. The van der Waals surface area contributed by atoms with Gasteiger partial charge in [-0.05, 0) is 58.9 Å². The molecule has 1 aliphatic carbocycles. The number of fused-ring (bicyclic) bond motifs is 1. The smallest absolute Gasteiger partial charge is 0.310 e. The Morgan fingerprint density at radius 2 is 1.44 bits per heavy atom. The molecule has 36 heavy (non-hydrogen) atoms. The first-order valence-corrected chi connectivity index (χ1v) is 12.7. The molecule has 0 heterocycles. The number of ether oxygens (including phenoxy) is 1. The second-order valence-corrected chi connectivity index (χ2v) is 10.5. The zero-order valence-electron chi connectivity index (χ0n) is 21.8. The summed E-state index contributed by atoms with van der Waals surface area (Å²) in [7, 11) is 0. The molecule has 0 unspecified atom stereocenters. The van der Waals surface area contributed by atoms with E-state index < -0.39 is 11.5 Å². The van der Waals surface area contributed by atoms with Crippen LogP contribution in [-0.4, -0.2) is 28.9 Å². The van der Waals surface area contributed by atoms with Crippen molar-refractivity contribution in [1.29, 1.82) is 0 Å². The first kappa shape index (κ1) is 27.3. The molecule has 0 amide bonds. The van der Waals surface area contributed by atoms with Gasteiger partial charge in [0.1, 0.15) is 11.4 Å². The van der Waals surface area contributed by atoms with E-state index >= 15 is 0 Å². The van der Waals surface area contributed by atoms with Gasteiger partial charge in [0, 0.05) is 35.1 Å². The van der Waals surface area contributed by atoms with Crippen LogP contribution in [0.2, 0.25) is 0 Å². The molecule has 3 rings (SSSR count). The van der Waals surface area contributed by atoms with Crippen molar-refractivity contribution in [1.82, 2.24) is 0 Å². The standard InChI is InChI=1S/C31H36O5/c1-21-25(29(34)27-18-12-11-17-26(27)28(21)33)16-10-6-9-15-24(32)20-23(30(35)36-31(2,3)4)19-22-13-7-5-8-14-22/h5,7-8,11-14,17-18,23H,6,9-10,15-16,19-20H2,1-4H3/t23-/m1/s1. The van der Waals surface area contributed by atoms with Crippen molar-refractivity contribution < 1.29 is 23.9 Å². The summed E-state index contributed by atoms with van der Waals surface area (Å²) in [5, 5.41) is 0. The maximum Gasteiger partial charge on any atom is 0.310 e. The minimum Gasteiger partial charge on any atom is -0.460 e. The summed E-state index contributed by atoms with van der Waals surface area (Å²) >= 11 is 0. The lowest BCUT2D eigenvalue weighted by molar-refractivity contribution is -0.161. The van der Waals surface area contributed by atoms with E-state index in [0.717, 1.165) is 18.4 Å². The van der Waals surface area contributed by atoms with Gasteiger partial charge in [0.25, 0.3) is 0 Å². The molecule has 0 fully saturated rings. The molecule has 1 aliphatic rings. The molecule has 5 heteroatoms. The molecule has 0 radical (unpaired) electrons.